The lowest BCUT2D eigenvalue weighted by atomic mass is 10.2. The molecular weight excluding hydrogens is 246 g/mol. The summed E-state index contributed by atoms with van der Waals surface area (Å²) in [6, 6.07) is 4.97. The fourth-order valence-electron chi connectivity index (χ4n) is 2.07. The number of carbonyl (C=O) groups excluding carboxylic acids is 2. The Hall–Kier alpha value is -2.70. The fraction of sp³-hybridized carbons (Fsp3) is 0.167. The third-order valence-corrected chi connectivity index (χ3v) is 2.95. The van der Waals surface area contributed by atoms with Crippen LogP contribution in [0.1, 0.15) is 6.42 Å². The molecule has 3 N–H and O–H groups in total. The van der Waals surface area contributed by atoms with Crippen molar-refractivity contribution in [2.45, 2.75) is 6.42 Å². The van der Waals surface area contributed by atoms with Crippen molar-refractivity contribution in [2.24, 2.45) is 0 Å². The van der Waals surface area contributed by atoms with Crippen molar-refractivity contribution in [2.75, 3.05) is 17.2 Å². The van der Waals surface area contributed by atoms with Crippen LogP contribution >= 0.6 is 0 Å². The van der Waals surface area contributed by atoms with Crippen LogP contribution in [0.5, 0.6) is 0 Å². The number of fused-ring (bicyclic) bond motifs is 1. The third kappa shape index (κ3) is 1.95. The fourth-order valence-corrected chi connectivity index (χ4v) is 2.07. The van der Waals surface area contributed by atoms with Gasteiger partial charge in [0.1, 0.15) is 0 Å². The molecule has 1 aromatic heterocycles. The number of hydrogen-bond donors (Lipinski definition) is 2. The van der Waals surface area contributed by atoms with E-state index in [9.17, 15) is 9.59 Å². The molecule has 7 nitrogen and oxygen atoms in total. The second kappa shape index (κ2) is 4.20. The van der Waals surface area contributed by atoms with E-state index in [1.165, 1.54) is 4.90 Å². The number of anilines is 2. The van der Waals surface area contributed by atoms with Gasteiger partial charge >= 0.3 is 6.03 Å². The molecule has 7 heteroatoms. The van der Waals surface area contributed by atoms with Crippen molar-refractivity contribution >= 4 is 34.5 Å². The van der Waals surface area contributed by atoms with Gasteiger partial charge in [0.25, 0.3) is 0 Å². The first kappa shape index (κ1) is 11.4. The van der Waals surface area contributed by atoms with Gasteiger partial charge in [-0.15, -0.1) is 0 Å². The number of carbonyl (C=O) groups is 2. The summed E-state index contributed by atoms with van der Waals surface area (Å²) < 4.78 is 0. The van der Waals surface area contributed by atoms with Crippen LogP contribution < -0.4 is 16.0 Å². The van der Waals surface area contributed by atoms with E-state index >= 15 is 0 Å². The Morgan fingerprint density at radius 2 is 2.16 bits per heavy atom. The maximum Gasteiger partial charge on any atom is 0.328 e. The number of para-hydroxylation sites is 1. The minimum absolute atomic E-state index is 0.147. The number of hydrogen-bond acceptors (Lipinski definition) is 5. The maximum atomic E-state index is 11.9. The van der Waals surface area contributed by atoms with Gasteiger partial charge in [-0.25, -0.2) is 14.8 Å². The summed E-state index contributed by atoms with van der Waals surface area (Å²) in [6.07, 6.45) is 1.87. The van der Waals surface area contributed by atoms with Gasteiger partial charge in [0, 0.05) is 24.5 Å². The van der Waals surface area contributed by atoms with Crippen LogP contribution in [0.4, 0.5) is 16.4 Å². The Morgan fingerprint density at radius 3 is 2.95 bits per heavy atom. The standard InChI is InChI=1S/C12H11N5O2/c13-11-14-6-7-2-1-3-8(10(7)16-11)17-5-4-9(18)15-12(17)19/h1-3,6H,4-5H2,(H2,13,14,16)(H,15,18,19). The van der Waals surface area contributed by atoms with Crippen LogP contribution in [-0.2, 0) is 4.79 Å². The van der Waals surface area contributed by atoms with E-state index in [1.54, 1.807) is 18.3 Å². The molecule has 1 aromatic carbocycles. The first-order valence-electron chi connectivity index (χ1n) is 5.78. The van der Waals surface area contributed by atoms with E-state index in [-0.39, 0.29) is 18.3 Å². The van der Waals surface area contributed by atoms with E-state index in [1.807, 2.05) is 6.07 Å². The topological polar surface area (TPSA) is 101 Å². The summed E-state index contributed by atoms with van der Waals surface area (Å²) >= 11 is 0. The second-order valence-electron chi connectivity index (χ2n) is 4.20. The average molecular weight is 257 g/mol. The van der Waals surface area contributed by atoms with E-state index in [4.69, 9.17) is 5.73 Å². The first-order chi connectivity index (χ1) is 9.15. The highest BCUT2D eigenvalue weighted by molar-refractivity contribution is 6.09. The smallest absolute Gasteiger partial charge is 0.328 e. The van der Waals surface area contributed by atoms with Crippen LogP contribution in [0.15, 0.2) is 24.4 Å². The van der Waals surface area contributed by atoms with Gasteiger partial charge in [0.15, 0.2) is 0 Å². The van der Waals surface area contributed by atoms with Crippen LogP contribution in [0.2, 0.25) is 0 Å². The number of nitrogens with two attached hydrogens (primary N) is 1. The molecule has 0 atom stereocenters. The molecule has 96 valence electrons. The summed E-state index contributed by atoms with van der Waals surface area (Å²) in [5, 5.41) is 3.07. The van der Waals surface area contributed by atoms with Crippen LogP contribution in [0.3, 0.4) is 0 Å². The Kier molecular flexibility index (Phi) is 2.52. The minimum Gasteiger partial charge on any atom is -0.368 e. The minimum atomic E-state index is -0.444. The molecule has 0 saturated carbocycles. The molecule has 0 spiro atoms. The number of urea groups is 1. The molecule has 2 aromatic rings. The van der Waals surface area contributed by atoms with Crippen molar-refractivity contribution in [1.82, 2.24) is 15.3 Å². The summed E-state index contributed by atoms with van der Waals surface area (Å²) in [6.45, 7) is 0.327. The molecule has 1 saturated heterocycles. The molecule has 3 amide bonds. The lowest BCUT2D eigenvalue weighted by molar-refractivity contribution is -0.120. The number of rotatable bonds is 1. The lowest BCUT2D eigenvalue weighted by Crippen LogP contribution is -2.49. The highest BCUT2D eigenvalue weighted by Crippen LogP contribution is 2.26. The zero-order valence-electron chi connectivity index (χ0n) is 9.96. The average Bonchev–Trinajstić information content (AvgIpc) is 2.38. The van der Waals surface area contributed by atoms with Crippen molar-refractivity contribution in [1.29, 1.82) is 0 Å². The Bertz CT molecular complexity index is 685. The maximum absolute atomic E-state index is 11.9. The molecule has 1 aliphatic rings. The molecule has 0 bridgehead atoms. The Labute approximate surface area is 108 Å². The van der Waals surface area contributed by atoms with Gasteiger partial charge < -0.3 is 5.73 Å². The zero-order chi connectivity index (χ0) is 13.4. The molecule has 19 heavy (non-hydrogen) atoms. The van der Waals surface area contributed by atoms with Crippen molar-refractivity contribution in [3.05, 3.63) is 24.4 Å². The summed E-state index contributed by atoms with van der Waals surface area (Å²) in [7, 11) is 0. The molecule has 0 unspecified atom stereocenters. The number of aromatic nitrogens is 2. The van der Waals surface area contributed by atoms with Gasteiger partial charge in [-0.2, -0.15) is 0 Å². The van der Waals surface area contributed by atoms with Gasteiger partial charge in [0.05, 0.1) is 11.2 Å². The predicted octanol–water partition coefficient (Wildman–Crippen LogP) is 0.658. The summed E-state index contributed by atoms with van der Waals surface area (Å²) in [4.78, 5) is 32.6. The molecule has 0 aliphatic carbocycles. The molecule has 3 rings (SSSR count). The molecule has 2 heterocycles. The number of imide groups is 1. The van der Waals surface area contributed by atoms with Crippen molar-refractivity contribution in [3.8, 4) is 0 Å². The first-order valence-corrected chi connectivity index (χ1v) is 5.78. The van der Waals surface area contributed by atoms with E-state index in [2.05, 4.69) is 15.3 Å². The highest BCUT2D eigenvalue weighted by Gasteiger charge is 2.25. The van der Waals surface area contributed by atoms with E-state index in [0.717, 1.165) is 5.39 Å². The van der Waals surface area contributed by atoms with Gasteiger partial charge in [-0.3, -0.25) is 15.0 Å². The van der Waals surface area contributed by atoms with Crippen molar-refractivity contribution in [3.63, 3.8) is 0 Å². The van der Waals surface area contributed by atoms with Gasteiger partial charge in [-0.05, 0) is 6.07 Å². The zero-order valence-corrected chi connectivity index (χ0v) is 9.96. The summed E-state index contributed by atoms with van der Waals surface area (Å²) in [5.41, 5.74) is 6.80. The number of nitrogen functional groups attached to an aromatic ring is 1. The monoisotopic (exact) mass is 257 g/mol. The SMILES string of the molecule is Nc1ncc2cccc(N3CCC(=O)NC3=O)c2n1. The van der Waals surface area contributed by atoms with Crippen LogP contribution in [0.25, 0.3) is 10.9 Å². The third-order valence-electron chi connectivity index (χ3n) is 2.95. The molecular formula is C12H11N5O2. The normalized spacial score (nSPS) is 15.7. The quantitative estimate of drug-likeness (QED) is 0.781. The molecule has 0 radical (unpaired) electrons. The van der Waals surface area contributed by atoms with E-state index in [0.29, 0.717) is 17.7 Å². The Morgan fingerprint density at radius 1 is 1.32 bits per heavy atom. The van der Waals surface area contributed by atoms with Crippen LogP contribution in [-0.4, -0.2) is 28.5 Å². The van der Waals surface area contributed by atoms with Gasteiger partial charge in [0.2, 0.25) is 11.9 Å². The van der Waals surface area contributed by atoms with Crippen molar-refractivity contribution < 1.29 is 9.59 Å². The second-order valence-corrected chi connectivity index (χ2v) is 4.20. The number of amides is 3. The summed E-state index contributed by atoms with van der Waals surface area (Å²) in [5.74, 6) is -0.121. The highest BCUT2D eigenvalue weighted by atomic mass is 16.2. The molecule has 1 fully saturated rings. The Balaban J connectivity index is 2.12. The lowest BCUT2D eigenvalue weighted by Gasteiger charge is -2.27. The molecule has 1 aliphatic heterocycles. The van der Waals surface area contributed by atoms with E-state index < -0.39 is 6.03 Å². The predicted molar refractivity (Wildman–Crippen MR) is 69.5 cm³/mol. The number of benzene rings is 1. The van der Waals surface area contributed by atoms with Gasteiger partial charge in [-0.1, -0.05) is 12.1 Å². The number of nitrogens with one attached hydrogen (secondary N) is 1. The largest absolute Gasteiger partial charge is 0.368 e. The van der Waals surface area contributed by atoms with Crippen LogP contribution in [0, 0.1) is 0 Å². The number of nitrogens with zero attached hydrogens (tertiary/aromatic N) is 3.